The molecule has 4 atom stereocenters. The summed E-state index contributed by atoms with van der Waals surface area (Å²) in [6, 6.07) is 0. The van der Waals surface area contributed by atoms with Gasteiger partial charge >= 0.3 is 0 Å². The Labute approximate surface area is 138 Å². The first-order chi connectivity index (χ1) is 9.93. The van der Waals surface area contributed by atoms with Crippen molar-refractivity contribution in [3.05, 3.63) is 10.5 Å². The molecule has 1 fully saturated rings. The van der Waals surface area contributed by atoms with Gasteiger partial charge in [-0.2, -0.15) is 4.98 Å². The summed E-state index contributed by atoms with van der Waals surface area (Å²) >= 11 is 7.36. The van der Waals surface area contributed by atoms with E-state index in [1.165, 1.54) is 0 Å². The van der Waals surface area contributed by atoms with E-state index < -0.39 is 18.4 Å². The van der Waals surface area contributed by atoms with Crippen LogP contribution in [0.3, 0.4) is 0 Å². The summed E-state index contributed by atoms with van der Waals surface area (Å²) in [4.78, 5) is 11.3. The lowest BCUT2D eigenvalue weighted by molar-refractivity contribution is -0.0492. The predicted molar refractivity (Wildman–Crippen MR) is 86.7 cm³/mol. The first-order valence-corrected chi connectivity index (χ1v) is 7.92. The first-order valence-electron chi connectivity index (χ1n) is 6.26. The second kappa shape index (κ2) is 5.43. The third-order valence-corrected chi connectivity index (χ3v) is 5.33. The number of hydrogen-bond donors (Lipinski definition) is 4. The highest BCUT2D eigenvalue weighted by molar-refractivity contribution is 14.1. The minimum Gasteiger partial charge on any atom is -0.394 e. The number of aromatic nitrogens is 4. The highest BCUT2D eigenvalue weighted by Gasteiger charge is 2.43. The average molecular weight is 423 g/mol. The Balaban J connectivity index is 2.17. The molecule has 0 aliphatic carbocycles. The van der Waals surface area contributed by atoms with Crippen LogP contribution in [-0.2, 0) is 4.74 Å². The van der Waals surface area contributed by atoms with Crippen LogP contribution in [0.25, 0.3) is 11.2 Å². The van der Waals surface area contributed by atoms with Gasteiger partial charge < -0.3 is 25.7 Å². The molecule has 0 amide bonds. The summed E-state index contributed by atoms with van der Waals surface area (Å²) in [6.07, 6.45) is -2.00. The lowest BCUT2D eigenvalue weighted by Crippen LogP contribution is -2.28. The van der Waals surface area contributed by atoms with E-state index in [-0.39, 0.29) is 16.5 Å². The number of nitrogens with zero attached hydrogens (tertiary/aromatic N) is 3. The maximum absolute atomic E-state index is 10.4. The lowest BCUT2D eigenvalue weighted by Gasteiger charge is -2.16. The molecule has 0 saturated carbocycles. The number of fused-ring (bicyclic) bond motifs is 1. The number of imidazole rings is 1. The van der Waals surface area contributed by atoms with Crippen molar-refractivity contribution < 1.29 is 14.9 Å². The number of ether oxygens (including phenoxy) is 1. The van der Waals surface area contributed by atoms with Gasteiger partial charge in [0.05, 0.1) is 22.3 Å². The standard InChI is InChI=1S/C11H14IN5O3S/c1-3-6-8(16-10(13)14-3)17(11(21)15-6)9-7(19)5(12)4(2-18)20-9/h4-5,7,9,18-19H,2H2,1H3,(H,15,21)(H2,13,14,16)/t4-,5+,7-,9-/m1/s1. The maximum atomic E-state index is 10.4. The summed E-state index contributed by atoms with van der Waals surface area (Å²) in [6.45, 7) is 1.62. The third kappa shape index (κ3) is 2.34. The smallest absolute Gasteiger partial charge is 0.222 e. The van der Waals surface area contributed by atoms with E-state index >= 15 is 0 Å². The number of halogens is 1. The summed E-state index contributed by atoms with van der Waals surface area (Å²) in [7, 11) is 0. The van der Waals surface area contributed by atoms with E-state index in [1.54, 1.807) is 11.5 Å². The van der Waals surface area contributed by atoms with Crippen molar-refractivity contribution in [3.8, 4) is 0 Å². The molecule has 0 unspecified atom stereocenters. The summed E-state index contributed by atoms with van der Waals surface area (Å²) in [5, 5.41) is 19.7. The molecule has 10 heteroatoms. The van der Waals surface area contributed by atoms with Gasteiger partial charge in [-0.25, -0.2) is 4.98 Å². The van der Waals surface area contributed by atoms with Gasteiger partial charge in [-0.1, -0.05) is 22.6 Å². The van der Waals surface area contributed by atoms with E-state index in [2.05, 4.69) is 37.5 Å². The molecule has 0 aromatic carbocycles. The van der Waals surface area contributed by atoms with Crippen molar-refractivity contribution in [2.75, 3.05) is 12.3 Å². The van der Waals surface area contributed by atoms with E-state index in [9.17, 15) is 10.2 Å². The summed E-state index contributed by atoms with van der Waals surface area (Å²) in [5.41, 5.74) is 7.49. The largest absolute Gasteiger partial charge is 0.394 e. The molecule has 0 spiro atoms. The number of nitrogens with one attached hydrogen (secondary N) is 1. The molecule has 1 aliphatic heterocycles. The molecular weight excluding hydrogens is 409 g/mol. The zero-order valence-corrected chi connectivity index (χ0v) is 14.0. The Morgan fingerprint density at radius 1 is 1.52 bits per heavy atom. The van der Waals surface area contributed by atoms with E-state index in [1.807, 2.05) is 0 Å². The van der Waals surface area contributed by atoms with Crippen LogP contribution in [0.5, 0.6) is 0 Å². The predicted octanol–water partition coefficient (Wildman–Crippen LogP) is 0.434. The van der Waals surface area contributed by atoms with Crippen molar-refractivity contribution >= 4 is 51.9 Å². The van der Waals surface area contributed by atoms with Gasteiger partial charge in [0, 0.05) is 0 Å². The Morgan fingerprint density at radius 3 is 2.86 bits per heavy atom. The number of aromatic amines is 1. The normalized spacial score (nSPS) is 29.3. The molecule has 2 aromatic heterocycles. The molecule has 114 valence electrons. The zero-order valence-electron chi connectivity index (χ0n) is 11.0. The van der Waals surface area contributed by atoms with Crippen molar-refractivity contribution in [1.29, 1.82) is 0 Å². The first kappa shape index (κ1) is 15.1. The van der Waals surface area contributed by atoms with Crippen LogP contribution in [0.15, 0.2) is 0 Å². The molecule has 8 nitrogen and oxygen atoms in total. The van der Waals surface area contributed by atoms with E-state index in [0.717, 1.165) is 0 Å². The number of alkyl halides is 1. The van der Waals surface area contributed by atoms with Crippen LogP contribution >= 0.6 is 34.8 Å². The quantitative estimate of drug-likeness (QED) is 0.314. The van der Waals surface area contributed by atoms with Crippen LogP contribution in [0.2, 0.25) is 0 Å². The summed E-state index contributed by atoms with van der Waals surface area (Å²) in [5.74, 6) is 0.125. The number of rotatable bonds is 2. The molecule has 2 aromatic rings. The SMILES string of the molecule is Cc1nc(N)nc2c1[nH]c(=S)n2[C@@H]1O[C@H](CO)[C@H](I)[C@H]1O. The molecule has 21 heavy (non-hydrogen) atoms. The van der Waals surface area contributed by atoms with Gasteiger partial charge in [0.25, 0.3) is 0 Å². The van der Waals surface area contributed by atoms with Gasteiger partial charge in [0.15, 0.2) is 16.6 Å². The fourth-order valence-electron chi connectivity index (χ4n) is 2.47. The number of anilines is 1. The average Bonchev–Trinajstić information content (AvgIpc) is 2.89. The lowest BCUT2D eigenvalue weighted by atomic mass is 10.2. The molecule has 0 bridgehead atoms. The van der Waals surface area contributed by atoms with Crippen LogP contribution in [0, 0.1) is 11.7 Å². The number of nitrogens with two attached hydrogens (primary N) is 1. The summed E-state index contributed by atoms with van der Waals surface area (Å²) < 4.78 is 7.42. The van der Waals surface area contributed by atoms with Crippen molar-refractivity contribution in [2.24, 2.45) is 0 Å². The minimum absolute atomic E-state index is 0.125. The van der Waals surface area contributed by atoms with Gasteiger partial charge in [-0.3, -0.25) is 4.57 Å². The minimum atomic E-state index is -0.815. The van der Waals surface area contributed by atoms with Crippen LogP contribution in [0.4, 0.5) is 5.95 Å². The van der Waals surface area contributed by atoms with E-state index in [4.69, 9.17) is 22.7 Å². The number of nitrogen functional groups attached to an aromatic ring is 1. The molecule has 1 saturated heterocycles. The highest BCUT2D eigenvalue weighted by Crippen LogP contribution is 2.36. The van der Waals surface area contributed by atoms with E-state index in [0.29, 0.717) is 21.6 Å². The Bertz CT molecular complexity index is 747. The Kier molecular flexibility index (Phi) is 3.90. The second-order valence-corrected chi connectivity index (χ2v) is 6.67. The number of aliphatic hydroxyl groups excluding tert-OH is 2. The second-order valence-electron chi connectivity index (χ2n) is 4.85. The third-order valence-electron chi connectivity index (χ3n) is 3.49. The Morgan fingerprint density at radius 2 is 2.24 bits per heavy atom. The highest BCUT2D eigenvalue weighted by atomic mass is 127. The van der Waals surface area contributed by atoms with Gasteiger partial charge in [-0.05, 0) is 19.1 Å². The van der Waals surface area contributed by atoms with Crippen LogP contribution in [0.1, 0.15) is 11.9 Å². The van der Waals surface area contributed by atoms with Crippen molar-refractivity contribution in [1.82, 2.24) is 19.5 Å². The molecule has 3 rings (SSSR count). The van der Waals surface area contributed by atoms with Crippen molar-refractivity contribution in [3.63, 3.8) is 0 Å². The molecule has 5 N–H and O–H groups in total. The number of aliphatic hydroxyl groups is 2. The van der Waals surface area contributed by atoms with Gasteiger partial charge in [-0.15, -0.1) is 0 Å². The molecular formula is C11H14IN5O3S. The van der Waals surface area contributed by atoms with Crippen LogP contribution < -0.4 is 5.73 Å². The van der Waals surface area contributed by atoms with Crippen molar-refractivity contribution in [2.45, 2.75) is 29.3 Å². The molecule has 1 aliphatic rings. The Hall–Kier alpha value is -0.820. The number of H-pyrrole nitrogens is 1. The maximum Gasteiger partial charge on any atom is 0.222 e. The zero-order chi connectivity index (χ0) is 15.3. The molecule has 3 heterocycles. The van der Waals surface area contributed by atoms with Crippen LogP contribution in [-0.4, -0.2) is 52.5 Å². The van der Waals surface area contributed by atoms with Gasteiger partial charge in [0.2, 0.25) is 5.95 Å². The topological polar surface area (TPSA) is 122 Å². The number of aryl methyl sites for hydroxylation is 1. The fourth-order valence-corrected chi connectivity index (χ4v) is 3.51. The monoisotopic (exact) mass is 423 g/mol. The fraction of sp³-hybridized carbons (Fsp3) is 0.545. The number of hydrogen-bond acceptors (Lipinski definition) is 7. The molecule has 0 radical (unpaired) electrons. The van der Waals surface area contributed by atoms with Gasteiger partial charge in [0.1, 0.15) is 11.6 Å².